The number of benzene rings is 1. The van der Waals surface area contributed by atoms with Crippen LogP contribution in [0.1, 0.15) is 35.0 Å². The van der Waals surface area contributed by atoms with Crippen LogP contribution in [0, 0.1) is 6.92 Å². The van der Waals surface area contributed by atoms with E-state index in [0.717, 1.165) is 31.0 Å². The zero-order valence-electron chi connectivity index (χ0n) is 12.8. The molecule has 3 nitrogen and oxygen atoms in total. The van der Waals surface area contributed by atoms with Crippen molar-refractivity contribution in [3.8, 4) is 0 Å². The van der Waals surface area contributed by atoms with Gasteiger partial charge in [0.1, 0.15) is 11.5 Å². The second kappa shape index (κ2) is 7.14. The summed E-state index contributed by atoms with van der Waals surface area (Å²) in [6, 6.07) is 16.6. The van der Waals surface area contributed by atoms with Crippen molar-refractivity contribution < 1.29 is 8.83 Å². The quantitative estimate of drug-likeness (QED) is 0.652. The molecular weight excluding hydrogens is 274 g/mol. The number of furan rings is 2. The molecule has 0 aliphatic carbocycles. The first kappa shape index (κ1) is 14.7. The molecule has 0 radical (unpaired) electrons. The first-order valence-corrected chi connectivity index (χ1v) is 7.66. The zero-order chi connectivity index (χ0) is 15.2. The predicted octanol–water partition coefficient (Wildman–Crippen LogP) is 4.49. The number of hydrogen-bond donors (Lipinski definition) is 1. The maximum absolute atomic E-state index is 5.64. The van der Waals surface area contributed by atoms with Crippen LogP contribution >= 0.6 is 0 Å². The van der Waals surface area contributed by atoms with E-state index in [1.165, 1.54) is 11.1 Å². The Morgan fingerprint density at radius 3 is 2.41 bits per heavy atom. The van der Waals surface area contributed by atoms with Crippen LogP contribution in [-0.4, -0.2) is 6.54 Å². The molecule has 0 aliphatic rings. The van der Waals surface area contributed by atoms with Gasteiger partial charge in [0.2, 0.25) is 0 Å². The van der Waals surface area contributed by atoms with Crippen molar-refractivity contribution in [2.24, 2.45) is 0 Å². The van der Waals surface area contributed by atoms with Crippen molar-refractivity contribution in [3.05, 3.63) is 83.7 Å². The Bertz CT molecular complexity index is 654. The number of nitrogens with one attached hydrogen (secondary N) is 1. The fourth-order valence-corrected chi connectivity index (χ4v) is 2.63. The lowest BCUT2D eigenvalue weighted by atomic mass is 9.92. The summed E-state index contributed by atoms with van der Waals surface area (Å²) in [5, 5.41) is 3.43. The third-order valence-electron chi connectivity index (χ3n) is 3.86. The molecule has 2 heterocycles. The van der Waals surface area contributed by atoms with Gasteiger partial charge >= 0.3 is 0 Å². The molecule has 2 aromatic heterocycles. The zero-order valence-corrected chi connectivity index (χ0v) is 12.8. The Morgan fingerprint density at radius 1 is 0.955 bits per heavy atom. The average Bonchev–Trinajstić information content (AvgIpc) is 3.21. The Morgan fingerprint density at radius 2 is 1.73 bits per heavy atom. The predicted molar refractivity (Wildman–Crippen MR) is 86.8 cm³/mol. The second-order valence-electron chi connectivity index (χ2n) is 5.52. The molecule has 114 valence electrons. The number of aryl methyl sites for hydroxylation is 1. The molecule has 22 heavy (non-hydrogen) atoms. The largest absolute Gasteiger partial charge is 0.469 e. The van der Waals surface area contributed by atoms with E-state index in [9.17, 15) is 0 Å². The Labute approximate surface area is 131 Å². The van der Waals surface area contributed by atoms with Crippen molar-refractivity contribution in [1.82, 2.24) is 5.32 Å². The minimum atomic E-state index is 0.278. The lowest BCUT2D eigenvalue weighted by Gasteiger charge is -2.15. The maximum atomic E-state index is 5.64. The van der Waals surface area contributed by atoms with Gasteiger partial charge in [0.05, 0.1) is 19.1 Å². The highest BCUT2D eigenvalue weighted by Crippen LogP contribution is 2.28. The molecule has 0 saturated heterocycles. The SMILES string of the molecule is Cc1ccc([C@H](CCNCc2ccco2)c2ccco2)cc1. The smallest absolute Gasteiger partial charge is 0.117 e. The van der Waals surface area contributed by atoms with Gasteiger partial charge in [-0.25, -0.2) is 0 Å². The van der Waals surface area contributed by atoms with Crippen LogP contribution < -0.4 is 5.32 Å². The van der Waals surface area contributed by atoms with E-state index in [2.05, 4.69) is 42.6 Å². The van der Waals surface area contributed by atoms with Crippen LogP contribution in [0.15, 0.2) is 69.9 Å². The van der Waals surface area contributed by atoms with E-state index in [4.69, 9.17) is 8.83 Å². The van der Waals surface area contributed by atoms with Crippen LogP contribution in [0.2, 0.25) is 0 Å². The molecule has 0 amide bonds. The summed E-state index contributed by atoms with van der Waals surface area (Å²) in [4.78, 5) is 0. The minimum absolute atomic E-state index is 0.278. The van der Waals surface area contributed by atoms with Crippen LogP contribution in [0.25, 0.3) is 0 Å². The molecular formula is C19H21NO2. The van der Waals surface area contributed by atoms with Gasteiger partial charge in [-0.1, -0.05) is 29.8 Å². The Kier molecular flexibility index (Phi) is 4.76. The average molecular weight is 295 g/mol. The summed E-state index contributed by atoms with van der Waals surface area (Å²) >= 11 is 0. The third kappa shape index (κ3) is 3.68. The van der Waals surface area contributed by atoms with E-state index >= 15 is 0 Å². The van der Waals surface area contributed by atoms with Gasteiger partial charge in [-0.05, 0) is 49.7 Å². The van der Waals surface area contributed by atoms with Crippen molar-refractivity contribution >= 4 is 0 Å². The second-order valence-corrected chi connectivity index (χ2v) is 5.52. The van der Waals surface area contributed by atoms with Gasteiger partial charge in [-0.15, -0.1) is 0 Å². The monoisotopic (exact) mass is 295 g/mol. The van der Waals surface area contributed by atoms with Crippen molar-refractivity contribution in [1.29, 1.82) is 0 Å². The van der Waals surface area contributed by atoms with Crippen LogP contribution in [0.5, 0.6) is 0 Å². The summed E-state index contributed by atoms with van der Waals surface area (Å²) in [6.07, 6.45) is 4.43. The fourth-order valence-electron chi connectivity index (χ4n) is 2.63. The molecule has 1 aromatic carbocycles. The summed E-state index contributed by atoms with van der Waals surface area (Å²) in [6.45, 7) is 3.77. The van der Waals surface area contributed by atoms with Crippen molar-refractivity contribution in [3.63, 3.8) is 0 Å². The lowest BCUT2D eigenvalue weighted by molar-refractivity contribution is 0.452. The number of hydrogen-bond acceptors (Lipinski definition) is 3. The van der Waals surface area contributed by atoms with E-state index in [1.807, 2.05) is 18.2 Å². The van der Waals surface area contributed by atoms with Gasteiger partial charge in [0.15, 0.2) is 0 Å². The molecule has 1 N–H and O–H groups in total. The molecule has 3 rings (SSSR count). The molecule has 0 bridgehead atoms. The van der Waals surface area contributed by atoms with E-state index in [-0.39, 0.29) is 5.92 Å². The maximum Gasteiger partial charge on any atom is 0.117 e. The molecule has 0 unspecified atom stereocenters. The Hall–Kier alpha value is -2.26. The summed E-state index contributed by atoms with van der Waals surface area (Å²) in [7, 11) is 0. The standard InChI is InChI=1S/C19H21NO2/c1-15-6-8-16(9-7-15)18(19-5-3-13-22-19)10-11-20-14-17-4-2-12-21-17/h2-9,12-13,18,20H,10-11,14H2,1H3/t18-/m0/s1. The molecule has 1 atom stereocenters. The van der Waals surface area contributed by atoms with Gasteiger partial charge in [0, 0.05) is 5.92 Å². The molecule has 0 spiro atoms. The van der Waals surface area contributed by atoms with Gasteiger partial charge in [-0.3, -0.25) is 0 Å². The van der Waals surface area contributed by atoms with E-state index < -0.39 is 0 Å². The molecule has 0 aliphatic heterocycles. The van der Waals surface area contributed by atoms with Crippen LogP contribution in [0.3, 0.4) is 0 Å². The summed E-state index contributed by atoms with van der Waals surface area (Å²) < 4.78 is 11.0. The van der Waals surface area contributed by atoms with Gasteiger partial charge in [-0.2, -0.15) is 0 Å². The minimum Gasteiger partial charge on any atom is -0.469 e. The first-order valence-electron chi connectivity index (χ1n) is 7.66. The normalized spacial score (nSPS) is 12.4. The first-order chi connectivity index (χ1) is 10.8. The highest BCUT2D eigenvalue weighted by Gasteiger charge is 2.16. The van der Waals surface area contributed by atoms with Gasteiger partial charge in [0.25, 0.3) is 0 Å². The van der Waals surface area contributed by atoms with Crippen molar-refractivity contribution in [2.75, 3.05) is 6.54 Å². The number of rotatable bonds is 7. The van der Waals surface area contributed by atoms with Gasteiger partial charge < -0.3 is 14.2 Å². The van der Waals surface area contributed by atoms with Crippen LogP contribution in [0.4, 0.5) is 0 Å². The fraction of sp³-hybridized carbons (Fsp3) is 0.263. The molecule has 0 saturated carbocycles. The lowest BCUT2D eigenvalue weighted by Crippen LogP contribution is -2.17. The molecule has 3 heteroatoms. The van der Waals surface area contributed by atoms with E-state index in [1.54, 1.807) is 12.5 Å². The third-order valence-corrected chi connectivity index (χ3v) is 3.86. The summed E-state index contributed by atoms with van der Waals surface area (Å²) in [5.41, 5.74) is 2.57. The Balaban J connectivity index is 1.63. The van der Waals surface area contributed by atoms with E-state index in [0.29, 0.717) is 0 Å². The highest BCUT2D eigenvalue weighted by molar-refractivity contribution is 5.30. The highest BCUT2D eigenvalue weighted by atomic mass is 16.3. The van der Waals surface area contributed by atoms with Crippen molar-refractivity contribution in [2.45, 2.75) is 25.8 Å². The molecule has 0 fully saturated rings. The van der Waals surface area contributed by atoms with Crippen LogP contribution in [-0.2, 0) is 6.54 Å². The molecule has 3 aromatic rings. The summed E-state index contributed by atoms with van der Waals surface area (Å²) in [5.74, 6) is 2.26. The topological polar surface area (TPSA) is 38.3 Å².